The van der Waals surface area contributed by atoms with Gasteiger partial charge in [0, 0.05) is 25.2 Å². The second-order valence-electron chi connectivity index (χ2n) is 10.8. The van der Waals surface area contributed by atoms with Gasteiger partial charge in [-0.25, -0.2) is 0 Å². The van der Waals surface area contributed by atoms with Crippen molar-refractivity contribution in [2.45, 2.75) is 118 Å². The molecule has 192 valence electrons. The van der Waals surface area contributed by atoms with E-state index in [1.165, 1.54) is 68.1 Å². The summed E-state index contributed by atoms with van der Waals surface area (Å²) < 4.78 is 0. The first-order valence-electron chi connectivity index (χ1n) is 13.9. The van der Waals surface area contributed by atoms with Crippen LogP contribution in [0.15, 0.2) is 18.2 Å². The molecule has 4 N–H and O–H groups in total. The van der Waals surface area contributed by atoms with Crippen molar-refractivity contribution in [2.24, 2.45) is 5.92 Å². The molecule has 0 radical (unpaired) electrons. The summed E-state index contributed by atoms with van der Waals surface area (Å²) in [7, 11) is 0. The number of rotatable bonds is 21. The molecule has 0 saturated carbocycles. The second-order valence-corrected chi connectivity index (χ2v) is 10.8. The van der Waals surface area contributed by atoms with Gasteiger partial charge in [-0.2, -0.15) is 0 Å². The van der Waals surface area contributed by atoms with E-state index in [9.17, 15) is 0 Å². The van der Waals surface area contributed by atoms with E-state index in [2.05, 4.69) is 81.0 Å². The van der Waals surface area contributed by atoms with E-state index in [1.54, 1.807) is 0 Å². The highest BCUT2D eigenvalue weighted by molar-refractivity contribution is 5.30. The summed E-state index contributed by atoms with van der Waals surface area (Å²) in [6.07, 6.45) is 10.4. The second kappa shape index (κ2) is 19.4. The quantitative estimate of drug-likeness (QED) is 0.175. The summed E-state index contributed by atoms with van der Waals surface area (Å²) in [5, 5.41) is 14.3. The predicted octanol–water partition coefficient (Wildman–Crippen LogP) is 5.79. The van der Waals surface area contributed by atoms with Gasteiger partial charge in [0.25, 0.3) is 0 Å². The predicted molar refractivity (Wildman–Crippen MR) is 147 cm³/mol. The Morgan fingerprint density at radius 1 is 0.545 bits per heavy atom. The van der Waals surface area contributed by atoms with Gasteiger partial charge in [0.15, 0.2) is 0 Å². The maximum absolute atomic E-state index is 3.65. The standard InChI is InChI=1S/C29H56N4/c1-24(2)13-9-7-8-10-14-27-19-28(22-30-15-11-17-32-25(3)4)21-29(20-27)23-31-16-12-18-33-26(5)6/h19-21,24-26,30-33H,7-18,22-23H2,1-6H3. The lowest BCUT2D eigenvalue weighted by Gasteiger charge is -2.13. The lowest BCUT2D eigenvalue weighted by molar-refractivity contribution is 0.520. The Morgan fingerprint density at radius 3 is 1.52 bits per heavy atom. The molecule has 1 aromatic carbocycles. The molecule has 4 nitrogen and oxygen atoms in total. The van der Waals surface area contributed by atoms with Gasteiger partial charge in [-0.1, -0.05) is 85.4 Å². The molecule has 1 rings (SSSR count). The number of aryl methyl sites for hydroxylation is 1. The lowest BCUT2D eigenvalue weighted by Crippen LogP contribution is -2.27. The topological polar surface area (TPSA) is 48.1 Å². The third-order valence-electron chi connectivity index (χ3n) is 5.93. The van der Waals surface area contributed by atoms with E-state index in [4.69, 9.17) is 0 Å². The van der Waals surface area contributed by atoms with Gasteiger partial charge in [0.1, 0.15) is 0 Å². The smallest absolute Gasteiger partial charge is 0.0205 e. The van der Waals surface area contributed by atoms with Crippen LogP contribution < -0.4 is 21.3 Å². The molecule has 0 aliphatic carbocycles. The molecule has 33 heavy (non-hydrogen) atoms. The third kappa shape index (κ3) is 18.1. The summed E-state index contributed by atoms with van der Waals surface area (Å²) in [5.41, 5.74) is 4.38. The van der Waals surface area contributed by atoms with Crippen molar-refractivity contribution in [2.75, 3.05) is 26.2 Å². The van der Waals surface area contributed by atoms with Gasteiger partial charge in [0.2, 0.25) is 0 Å². The van der Waals surface area contributed by atoms with Crippen LogP contribution >= 0.6 is 0 Å². The fraction of sp³-hybridized carbons (Fsp3) is 0.793. The molecule has 0 bridgehead atoms. The van der Waals surface area contributed by atoms with E-state index in [0.29, 0.717) is 12.1 Å². The number of benzene rings is 1. The molecule has 0 aromatic heterocycles. The average molecular weight is 461 g/mol. The van der Waals surface area contributed by atoms with Crippen LogP contribution in [0.2, 0.25) is 0 Å². The van der Waals surface area contributed by atoms with E-state index in [-0.39, 0.29) is 0 Å². The number of hydrogen-bond donors (Lipinski definition) is 4. The summed E-state index contributed by atoms with van der Waals surface area (Å²) in [6.45, 7) is 19.7. The van der Waals surface area contributed by atoms with Gasteiger partial charge >= 0.3 is 0 Å². The maximum Gasteiger partial charge on any atom is 0.0205 e. The van der Waals surface area contributed by atoms with Gasteiger partial charge in [-0.15, -0.1) is 0 Å². The van der Waals surface area contributed by atoms with Gasteiger partial charge < -0.3 is 21.3 Å². The number of hydrogen-bond acceptors (Lipinski definition) is 4. The summed E-state index contributed by atoms with van der Waals surface area (Å²) in [4.78, 5) is 0. The molecule has 0 aliphatic heterocycles. The summed E-state index contributed by atoms with van der Waals surface area (Å²) in [5.74, 6) is 0.839. The highest BCUT2D eigenvalue weighted by atomic mass is 14.9. The van der Waals surface area contributed by atoms with Crippen LogP contribution in [0.25, 0.3) is 0 Å². The number of unbranched alkanes of at least 4 members (excludes halogenated alkanes) is 3. The fourth-order valence-electron chi connectivity index (χ4n) is 4.10. The summed E-state index contributed by atoms with van der Waals surface area (Å²) in [6, 6.07) is 8.41. The number of nitrogens with one attached hydrogen (secondary N) is 4. The van der Waals surface area contributed by atoms with Gasteiger partial charge in [-0.05, 0) is 74.5 Å². The average Bonchev–Trinajstić information content (AvgIpc) is 2.75. The van der Waals surface area contributed by atoms with Crippen molar-refractivity contribution in [1.29, 1.82) is 0 Å². The van der Waals surface area contributed by atoms with E-state index in [0.717, 1.165) is 45.2 Å². The van der Waals surface area contributed by atoms with Crippen LogP contribution in [0.3, 0.4) is 0 Å². The highest BCUT2D eigenvalue weighted by Gasteiger charge is 2.04. The molecular formula is C29H56N4. The molecule has 1 aromatic rings. The molecule has 0 amide bonds. The van der Waals surface area contributed by atoms with Gasteiger partial charge in [-0.3, -0.25) is 0 Å². The van der Waals surface area contributed by atoms with Crippen molar-refractivity contribution >= 4 is 0 Å². The minimum atomic E-state index is 0.572. The SMILES string of the molecule is CC(C)CCCCCCc1cc(CNCCCNC(C)C)cc(CNCCCNC(C)C)c1. The Kier molecular flexibility index (Phi) is 17.7. The zero-order chi connectivity index (χ0) is 24.3. The van der Waals surface area contributed by atoms with E-state index >= 15 is 0 Å². The minimum Gasteiger partial charge on any atom is -0.314 e. The third-order valence-corrected chi connectivity index (χ3v) is 5.93. The molecule has 0 spiro atoms. The van der Waals surface area contributed by atoms with Crippen LogP contribution in [0.1, 0.15) is 103 Å². The zero-order valence-electron chi connectivity index (χ0n) is 22.9. The van der Waals surface area contributed by atoms with Crippen LogP contribution in [0.5, 0.6) is 0 Å². The molecule has 0 heterocycles. The molecule has 0 aliphatic rings. The first kappa shape index (κ1) is 30.1. The molecular weight excluding hydrogens is 404 g/mol. The zero-order valence-corrected chi connectivity index (χ0v) is 22.9. The Hall–Kier alpha value is -0.940. The molecule has 0 saturated heterocycles. The van der Waals surface area contributed by atoms with Gasteiger partial charge in [0.05, 0.1) is 0 Å². The Balaban J connectivity index is 2.48. The summed E-state index contributed by atoms with van der Waals surface area (Å²) >= 11 is 0. The van der Waals surface area contributed by atoms with Crippen molar-refractivity contribution in [1.82, 2.24) is 21.3 Å². The normalized spacial score (nSPS) is 11.9. The van der Waals surface area contributed by atoms with Crippen molar-refractivity contribution in [3.8, 4) is 0 Å². The molecule has 0 fully saturated rings. The van der Waals surface area contributed by atoms with Crippen molar-refractivity contribution in [3.05, 3.63) is 34.9 Å². The van der Waals surface area contributed by atoms with E-state index in [1.807, 2.05) is 0 Å². The molecule has 4 heteroatoms. The van der Waals surface area contributed by atoms with Crippen LogP contribution in [-0.4, -0.2) is 38.3 Å². The van der Waals surface area contributed by atoms with Crippen molar-refractivity contribution < 1.29 is 0 Å². The van der Waals surface area contributed by atoms with Crippen LogP contribution in [-0.2, 0) is 19.5 Å². The maximum atomic E-state index is 3.65. The van der Waals surface area contributed by atoms with Crippen molar-refractivity contribution in [3.63, 3.8) is 0 Å². The first-order chi connectivity index (χ1) is 15.9. The Morgan fingerprint density at radius 2 is 1.03 bits per heavy atom. The first-order valence-corrected chi connectivity index (χ1v) is 13.9. The lowest BCUT2D eigenvalue weighted by atomic mass is 9.99. The molecule has 0 atom stereocenters. The Bertz CT molecular complexity index is 490. The van der Waals surface area contributed by atoms with E-state index < -0.39 is 0 Å². The largest absolute Gasteiger partial charge is 0.314 e. The Labute approximate surface area is 206 Å². The van der Waals surface area contributed by atoms with Crippen LogP contribution in [0.4, 0.5) is 0 Å². The molecule has 0 unspecified atom stereocenters. The fourth-order valence-corrected chi connectivity index (χ4v) is 4.10. The highest BCUT2D eigenvalue weighted by Crippen LogP contribution is 2.16. The monoisotopic (exact) mass is 460 g/mol. The van der Waals surface area contributed by atoms with Crippen LogP contribution in [0, 0.1) is 5.92 Å². The minimum absolute atomic E-state index is 0.572.